The van der Waals surface area contributed by atoms with Crippen LogP contribution in [0.1, 0.15) is 0 Å². The summed E-state index contributed by atoms with van der Waals surface area (Å²) in [6.07, 6.45) is -0.837. The summed E-state index contributed by atoms with van der Waals surface area (Å²) in [5.41, 5.74) is -0.536. The summed E-state index contributed by atoms with van der Waals surface area (Å²) >= 11 is 2.74. The molecule has 0 atom stereocenters. The van der Waals surface area contributed by atoms with Crippen molar-refractivity contribution in [2.45, 2.75) is 0 Å². The number of hydrogen-bond donors (Lipinski definition) is 1. The zero-order valence-corrected chi connectivity index (χ0v) is 9.58. The van der Waals surface area contributed by atoms with Crippen molar-refractivity contribution in [1.82, 2.24) is 0 Å². The van der Waals surface area contributed by atoms with Gasteiger partial charge in [-0.2, -0.15) is 0 Å². The number of amides is 1. The zero-order valence-electron chi connectivity index (χ0n) is 7.99. The average Bonchev–Trinajstić information content (AvgIpc) is 2.22. The van der Waals surface area contributed by atoms with Crippen molar-refractivity contribution in [3.63, 3.8) is 0 Å². The zero-order chi connectivity index (χ0) is 12.3. The molecule has 0 saturated carbocycles. The minimum atomic E-state index is -0.847. The van der Waals surface area contributed by atoms with Crippen molar-refractivity contribution in [3.05, 3.63) is 32.5 Å². The Morgan fingerprint density at radius 3 is 2.75 bits per heavy atom. The molecule has 0 fully saturated rings. The monoisotopic (exact) mass is 292 g/mol. The van der Waals surface area contributed by atoms with Crippen LogP contribution < -0.4 is 5.32 Å². The Kier molecular flexibility index (Phi) is 3.78. The Balaban J connectivity index is 3.14. The number of carbonyl (C=O) groups is 1. The average molecular weight is 293 g/mol. The molecule has 1 N–H and O–H groups in total. The van der Waals surface area contributed by atoms with Crippen LogP contribution in [-0.2, 0) is 4.74 Å². The van der Waals surface area contributed by atoms with E-state index >= 15 is 0 Å². The minimum absolute atomic E-state index is 0.0562. The standard InChI is InChI=1S/C8H6BrFN2O4/c1-16-8(13)11-4-2-5(10)7(9)6(3-4)12(14)15/h2-3H,1H3,(H,11,13). The fourth-order valence-electron chi connectivity index (χ4n) is 0.948. The van der Waals surface area contributed by atoms with Gasteiger partial charge in [-0.05, 0) is 22.0 Å². The van der Waals surface area contributed by atoms with Crippen LogP contribution in [0.3, 0.4) is 0 Å². The van der Waals surface area contributed by atoms with E-state index in [1.807, 2.05) is 0 Å². The molecule has 0 bridgehead atoms. The normalized spacial score (nSPS) is 9.69. The number of nitro benzene ring substituents is 1. The number of nitrogens with zero attached hydrogens (tertiary/aromatic N) is 1. The Bertz CT molecular complexity index is 452. The van der Waals surface area contributed by atoms with Crippen LogP contribution in [0.5, 0.6) is 0 Å². The highest BCUT2D eigenvalue weighted by Gasteiger charge is 2.18. The highest BCUT2D eigenvalue weighted by Crippen LogP contribution is 2.31. The number of nitro groups is 1. The predicted molar refractivity (Wildman–Crippen MR) is 56.8 cm³/mol. The van der Waals surface area contributed by atoms with Crippen molar-refractivity contribution < 1.29 is 18.8 Å². The molecule has 1 rings (SSSR count). The fraction of sp³-hybridized carbons (Fsp3) is 0.125. The Morgan fingerprint density at radius 2 is 2.25 bits per heavy atom. The Labute approximate surface area is 97.7 Å². The molecule has 0 aromatic heterocycles. The summed E-state index contributed by atoms with van der Waals surface area (Å²) in [7, 11) is 1.12. The molecule has 0 aliphatic heterocycles. The highest BCUT2D eigenvalue weighted by molar-refractivity contribution is 9.10. The number of rotatable bonds is 2. The van der Waals surface area contributed by atoms with Gasteiger partial charge < -0.3 is 4.74 Å². The van der Waals surface area contributed by atoms with Crippen LogP contribution in [-0.4, -0.2) is 18.1 Å². The number of methoxy groups -OCH3 is 1. The summed E-state index contributed by atoms with van der Waals surface area (Å²) in [4.78, 5) is 20.6. The van der Waals surface area contributed by atoms with Gasteiger partial charge in [0.1, 0.15) is 10.3 Å². The molecule has 1 aromatic rings. The predicted octanol–water partition coefficient (Wildman–Crippen LogP) is 2.67. The van der Waals surface area contributed by atoms with E-state index in [0.29, 0.717) is 0 Å². The van der Waals surface area contributed by atoms with Crippen molar-refractivity contribution >= 4 is 33.4 Å². The molecule has 8 heteroatoms. The molecule has 1 aromatic carbocycles. The second-order valence-corrected chi connectivity index (χ2v) is 3.46. The van der Waals surface area contributed by atoms with E-state index in [0.717, 1.165) is 19.2 Å². The lowest BCUT2D eigenvalue weighted by Crippen LogP contribution is -2.11. The quantitative estimate of drug-likeness (QED) is 0.671. The highest BCUT2D eigenvalue weighted by atomic mass is 79.9. The fourth-order valence-corrected chi connectivity index (χ4v) is 1.32. The first-order chi connectivity index (χ1) is 7.45. The summed E-state index contributed by atoms with van der Waals surface area (Å²) < 4.78 is 17.2. The molecule has 0 saturated heterocycles. The van der Waals surface area contributed by atoms with Gasteiger partial charge in [-0.15, -0.1) is 0 Å². The minimum Gasteiger partial charge on any atom is -0.453 e. The van der Waals surface area contributed by atoms with Crippen molar-refractivity contribution in [2.75, 3.05) is 12.4 Å². The van der Waals surface area contributed by atoms with Crippen molar-refractivity contribution in [3.8, 4) is 0 Å². The third-order valence-electron chi connectivity index (χ3n) is 1.64. The summed E-state index contributed by atoms with van der Waals surface area (Å²) in [5, 5.41) is 12.7. The van der Waals surface area contributed by atoms with E-state index < -0.39 is 22.5 Å². The smallest absolute Gasteiger partial charge is 0.411 e. The van der Waals surface area contributed by atoms with E-state index in [4.69, 9.17) is 0 Å². The molecule has 16 heavy (non-hydrogen) atoms. The summed E-state index contributed by atoms with van der Waals surface area (Å²) in [6, 6.07) is 1.96. The molecule has 0 aliphatic carbocycles. The van der Waals surface area contributed by atoms with Crippen LogP contribution in [0.4, 0.5) is 20.6 Å². The number of ether oxygens (including phenoxy) is 1. The first kappa shape index (κ1) is 12.4. The second-order valence-electron chi connectivity index (χ2n) is 2.66. The van der Waals surface area contributed by atoms with Gasteiger partial charge in [0.15, 0.2) is 0 Å². The maximum absolute atomic E-state index is 13.2. The van der Waals surface area contributed by atoms with Gasteiger partial charge in [-0.1, -0.05) is 0 Å². The molecular formula is C8H6BrFN2O4. The molecular weight excluding hydrogens is 287 g/mol. The maximum Gasteiger partial charge on any atom is 0.411 e. The second kappa shape index (κ2) is 4.88. The van der Waals surface area contributed by atoms with Crippen LogP contribution in [0.15, 0.2) is 16.6 Å². The van der Waals surface area contributed by atoms with Crippen LogP contribution in [0, 0.1) is 15.9 Å². The molecule has 0 aliphatic rings. The first-order valence-corrected chi connectivity index (χ1v) is 4.73. The van der Waals surface area contributed by atoms with Gasteiger partial charge >= 0.3 is 6.09 Å². The van der Waals surface area contributed by atoms with Gasteiger partial charge in [0.05, 0.1) is 17.7 Å². The molecule has 0 heterocycles. The number of halogens is 2. The van der Waals surface area contributed by atoms with E-state index in [1.54, 1.807) is 0 Å². The Hall–Kier alpha value is -1.70. The molecule has 0 radical (unpaired) electrons. The van der Waals surface area contributed by atoms with Gasteiger partial charge in [0, 0.05) is 6.07 Å². The third-order valence-corrected chi connectivity index (χ3v) is 2.42. The Morgan fingerprint density at radius 1 is 1.62 bits per heavy atom. The van der Waals surface area contributed by atoms with E-state index in [1.165, 1.54) is 0 Å². The number of anilines is 1. The number of hydrogen-bond acceptors (Lipinski definition) is 4. The van der Waals surface area contributed by atoms with Crippen molar-refractivity contribution in [1.29, 1.82) is 0 Å². The van der Waals surface area contributed by atoms with E-state index in [-0.39, 0.29) is 10.2 Å². The van der Waals surface area contributed by atoms with Crippen molar-refractivity contribution in [2.24, 2.45) is 0 Å². The van der Waals surface area contributed by atoms with E-state index in [2.05, 4.69) is 26.0 Å². The molecule has 0 unspecified atom stereocenters. The van der Waals surface area contributed by atoms with Gasteiger partial charge in [0.2, 0.25) is 0 Å². The van der Waals surface area contributed by atoms with Crippen LogP contribution >= 0.6 is 15.9 Å². The number of benzene rings is 1. The number of nitrogens with one attached hydrogen (secondary N) is 1. The lowest BCUT2D eigenvalue weighted by molar-refractivity contribution is -0.385. The first-order valence-electron chi connectivity index (χ1n) is 3.94. The molecule has 1 amide bonds. The van der Waals surface area contributed by atoms with Crippen LogP contribution in [0.25, 0.3) is 0 Å². The van der Waals surface area contributed by atoms with Crippen LogP contribution in [0.2, 0.25) is 0 Å². The lowest BCUT2D eigenvalue weighted by atomic mass is 10.2. The maximum atomic E-state index is 13.2. The lowest BCUT2D eigenvalue weighted by Gasteiger charge is -2.04. The largest absolute Gasteiger partial charge is 0.453 e. The summed E-state index contributed by atoms with van der Waals surface area (Å²) in [6.45, 7) is 0. The SMILES string of the molecule is COC(=O)Nc1cc(F)c(Br)c([N+](=O)[O-])c1. The third kappa shape index (κ3) is 2.66. The topological polar surface area (TPSA) is 81.5 Å². The number of carbonyl (C=O) groups excluding carboxylic acids is 1. The molecule has 0 spiro atoms. The molecule has 6 nitrogen and oxygen atoms in total. The van der Waals surface area contributed by atoms with Gasteiger partial charge in [-0.25, -0.2) is 9.18 Å². The van der Waals surface area contributed by atoms with Gasteiger partial charge in [-0.3, -0.25) is 15.4 Å². The molecule has 86 valence electrons. The van der Waals surface area contributed by atoms with Gasteiger partial charge in [0.25, 0.3) is 5.69 Å². The summed E-state index contributed by atoms with van der Waals surface area (Å²) in [5.74, 6) is -0.847. The van der Waals surface area contributed by atoms with E-state index in [9.17, 15) is 19.3 Å².